The Labute approximate surface area is 187 Å². The van der Waals surface area contributed by atoms with Crippen molar-refractivity contribution in [2.45, 2.75) is 39.7 Å². The van der Waals surface area contributed by atoms with Crippen LogP contribution in [0.5, 0.6) is 0 Å². The summed E-state index contributed by atoms with van der Waals surface area (Å²) >= 11 is 1.83. The van der Waals surface area contributed by atoms with Crippen LogP contribution in [-0.4, -0.2) is 74.7 Å². The van der Waals surface area contributed by atoms with Gasteiger partial charge in [0.15, 0.2) is 5.96 Å². The lowest BCUT2D eigenvalue weighted by molar-refractivity contribution is 0.0925. The zero-order valence-electron chi connectivity index (χ0n) is 17.6. The lowest BCUT2D eigenvalue weighted by atomic mass is 10.0. The van der Waals surface area contributed by atoms with E-state index in [-0.39, 0.29) is 24.0 Å². The van der Waals surface area contributed by atoms with Gasteiger partial charge in [0.05, 0.1) is 6.54 Å². The summed E-state index contributed by atoms with van der Waals surface area (Å²) in [7, 11) is 2.21. The van der Waals surface area contributed by atoms with E-state index in [1.807, 2.05) is 11.3 Å². The molecule has 0 aliphatic carbocycles. The predicted octanol–water partition coefficient (Wildman–Crippen LogP) is 3.30. The summed E-state index contributed by atoms with van der Waals surface area (Å²) in [6, 6.07) is 4.84. The first-order valence-electron chi connectivity index (χ1n) is 9.99. The van der Waals surface area contributed by atoms with Crippen LogP contribution in [0.15, 0.2) is 22.5 Å². The molecule has 0 amide bonds. The van der Waals surface area contributed by atoms with Gasteiger partial charge in [0.2, 0.25) is 0 Å². The average molecular weight is 508 g/mol. The van der Waals surface area contributed by atoms with Crippen molar-refractivity contribution in [3.05, 3.63) is 22.4 Å². The van der Waals surface area contributed by atoms with Crippen LogP contribution < -0.4 is 10.6 Å². The second-order valence-corrected chi connectivity index (χ2v) is 8.65. The molecule has 27 heavy (non-hydrogen) atoms. The van der Waals surface area contributed by atoms with E-state index in [1.54, 1.807) is 0 Å². The molecule has 0 saturated carbocycles. The Morgan fingerprint density at radius 3 is 2.44 bits per heavy atom. The summed E-state index contributed by atoms with van der Waals surface area (Å²) in [5.41, 5.74) is 0. The monoisotopic (exact) mass is 507 g/mol. The van der Waals surface area contributed by atoms with Crippen LogP contribution in [0, 0.1) is 5.92 Å². The lowest BCUT2D eigenvalue weighted by Crippen LogP contribution is -2.52. The molecule has 0 aromatic carbocycles. The van der Waals surface area contributed by atoms with Crippen LogP contribution in [0.25, 0.3) is 0 Å². The first-order chi connectivity index (χ1) is 12.5. The average Bonchev–Trinajstić information content (AvgIpc) is 3.15. The molecular formula is C20H38IN5S. The Bertz CT molecular complexity index is 526. The van der Waals surface area contributed by atoms with E-state index in [9.17, 15) is 0 Å². The number of nitrogens with zero attached hydrogens (tertiary/aromatic N) is 3. The molecule has 0 bridgehead atoms. The van der Waals surface area contributed by atoms with E-state index in [0.29, 0.717) is 17.9 Å². The zero-order chi connectivity index (χ0) is 18.9. The SMILES string of the molecule is CCNC(=NCC(C(C)C)N1CCN(C)CC1)NCC(C)c1cccs1.I. The van der Waals surface area contributed by atoms with Crippen molar-refractivity contribution in [1.29, 1.82) is 0 Å². The molecule has 0 spiro atoms. The smallest absolute Gasteiger partial charge is 0.191 e. The van der Waals surface area contributed by atoms with Gasteiger partial charge in [0, 0.05) is 56.1 Å². The van der Waals surface area contributed by atoms with Gasteiger partial charge in [-0.05, 0) is 31.3 Å². The number of hydrogen-bond acceptors (Lipinski definition) is 4. The fourth-order valence-corrected chi connectivity index (χ4v) is 4.14. The highest BCUT2D eigenvalue weighted by Gasteiger charge is 2.24. The van der Waals surface area contributed by atoms with E-state index in [2.05, 4.69) is 72.7 Å². The number of piperazine rings is 1. The maximum absolute atomic E-state index is 4.93. The third-order valence-corrected chi connectivity index (χ3v) is 6.27. The van der Waals surface area contributed by atoms with Gasteiger partial charge >= 0.3 is 0 Å². The van der Waals surface area contributed by atoms with Crippen molar-refractivity contribution in [3.8, 4) is 0 Å². The van der Waals surface area contributed by atoms with Gasteiger partial charge in [-0.15, -0.1) is 35.3 Å². The number of thiophene rings is 1. The van der Waals surface area contributed by atoms with Gasteiger partial charge in [-0.3, -0.25) is 9.89 Å². The number of rotatable bonds is 8. The van der Waals surface area contributed by atoms with Gasteiger partial charge in [0.1, 0.15) is 0 Å². The van der Waals surface area contributed by atoms with E-state index < -0.39 is 0 Å². The fourth-order valence-electron chi connectivity index (χ4n) is 3.35. The van der Waals surface area contributed by atoms with Gasteiger partial charge in [-0.1, -0.05) is 26.8 Å². The molecule has 1 aliphatic rings. The Balaban J connectivity index is 0.00000364. The highest BCUT2D eigenvalue weighted by molar-refractivity contribution is 14.0. The third-order valence-electron chi connectivity index (χ3n) is 5.16. The minimum atomic E-state index is 0. The summed E-state index contributed by atoms with van der Waals surface area (Å²) in [5, 5.41) is 9.08. The minimum Gasteiger partial charge on any atom is -0.357 e. The molecule has 1 fully saturated rings. The van der Waals surface area contributed by atoms with Crippen LogP contribution >= 0.6 is 35.3 Å². The van der Waals surface area contributed by atoms with Crippen molar-refractivity contribution >= 4 is 41.3 Å². The highest BCUT2D eigenvalue weighted by atomic mass is 127. The van der Waals surface area contributed by atoms with Crippen LogP contribution in [0.1, 0.15) is 38.5 Å². The molecule has 2 heterocycles. The third kappa shape index (κ3) is 8.25. The molecule has 1 aliphatic heterocycles. The molecule has 1 saturated heterocycles. The molecule has 2 unspecified atom stereocenters. The first-order valence-corrected chi connectivity index (χ1v) is 10.9. The maximum Gasteiger partial charge on any atom is 0.191 e. The van der Waals surface area contributed by atoms with Gasteiger partial charge in [-0.25, -0.2) is 0 Å². The predicted molar refractivity (Wildman–Crippen MR) is 130 cm³/mol. The maximum atomic E-state index is 4.93. The molecule has 2 rings (SSSR count). The molecular weight excluding hydrogens is 469 g/mol. The molecule has 156 valence electrons. The van der Waals surface area contributed by atoms with Crippen LogP contribution in [0.2, 0.25) is 0 Å². The Hall–Kier alpha value is -0.380. The molecule has 2 atom stereocenters. The summed E-state index contributed by atoms with van der Waals surface area (Å²) < 4.78 is 0. The Kier molecular flexibility index (Phi) is 11.8. The first kappa shape index (κ1) is 24.7. The van der Waals surface area contributed by atoms with Crippen molar-refractivity contribution in [2.24, 2.45) is 10.9 Å². The second kappa shape index (κ2) is 13.0. The number of aliphatic imine (C=N–C) groups is 1. The van der Waals surface area contributed by atoms with Crippen LogP contribution in [0.4, 0.5) is 0 Å². The molecule has 5 nitrogen and oxygen atoms in total. The Morgan fingerprint density at radius 1 is 1.19 bits per heavy atom. The van der Waals surface area contributed by atoms with E-state index in [0.717, 1.165) is 51.8 Å². The van der Waals surface area contributed by atoms with Crippen molar-refractivity contribution in [2.75, 3.05) is 52.9 Å². The highest BCUT2D eigenvalue weighted by Crippen LogP contribution is 2.19. The summed E-state index contributed by atoms with van der Waals surface area (Å²) in [4.78, 5) is 11.4. The lowest BCUT2D eigenvalue weighted by Gasteiger charge is -2.39. The molecule has 7 heteroatoms. The van der Waals surface area contributed by atoms with E-state index in [4.69, 9.17) is 4.99 Å². The number of halogens is 1. The number of likely N-dealkylation sites (N-methyl/N-ethyl adjacent to an activating group) is 1. The van der Waals surface area contributed by atoms with E-state index >= 15 is 0 Å². The van der Waals surface area contributed by atoms with Crippen LogP contribution in [-0.2, 0) is 0 Å². The topological polar surface area (TPSA) is 42.9 Å². The molecule has 1 aromatic rings. The van der Waals surface area contributed by atoms with Gasteiger partial charge in [0.25, 0.3) is 0 Å². The molecule has 0 radical (unpaired) electrons. The standard InChI is InChI=1S/C20H37N5S.HI/c1-6-21-20(22-14-17(4)19-8-7-13-26-19)23-15-18(16(2)3)25-11-9-24(5)10-12-25;/h7-8,13,16-18H,6,9-12,14-15H2,1-5H3,(H2,21,22,23);1H. The van der Waals surface area contributed by atoms with Gasteiger partial charge < -0.3 is 15.5 Å². The number of hydrogen-bond donors (Lipinski definition) is 2. The summed E-state index contributed by atoms with van der Waals surface area (Å²) in [5.74, 6) is 2.04. The Morgan fingerprint density at radius 2 is 1.89 bits per heavy atom. The number of guanidine groups is 1. The zero-order valence-corrected chi connectivity index (χ0v) is 20.7. The fraction of sp³-hybridized carbons (Fsp3) is 0.750. The summed E-state index contributed by atoms with van der Waals surface area (Å²) in [6.45, 7) is 16.3. The largest absolute Gasteiger partial charge is 0.357 e. The van der Waals surface area contributed by atoms with E-state index in [1.165, 1.54) is 4.88 Å². The molecule has 1 aromatic heterocycles. The second-order valence-electron chi connectivity index (χ2n) is 7.67. The minimum absolute atomic E-state index is 0. The number of nitrogens with one attached hydrogen (secondary N) is 2. The van der Waals surface area contributed by atoms with Crippen molar-refractivity contribution < 1.29 is 0 Å². The van der Waals surface area contributed by atoms with Crippen molar-refractivity contribution in [3.63, 3.8) is 0 Å². The van der Waals surface area contributed by atoms with Crippen molar-refractivity contribution in [1.82, 2.24) is 20.4 Å². The molecule has 2 N–H and O–H groups in total. The summed E-state index contributed by atoms with van der Waals surface area (Å²) in [6.07, 6.45) is 0. The van der Waals surface area contributed by atoms with Gasteiger partial charge in [-0.2, -0.15) is 0 Å². The quantitative estimate of drug-likeness (QED) is 0.322. The normalized spacial score (nSPS) is 18.8. The van der Waals surface area contributed by atoms with Crippen LogP contribution in [0.3, 0.4) is 0 Å².